The first-order valence-corrected chi connectivity index (χ1v) is 8.09. The molecule has 126 valence electrons. The van der Waals surface area contributed by atoms with Gasteiger partial charge in [-0.3, -0.25) is 9.59 Å². The zero-order chi connectivity index (χ0) is 17.1. The molecular weight excluding hydrogens is 296 g/mol. The highest BCUT2D eigenvalue weighted by Gasteiger charge is 2.13. The molecule has 0 unspecified atom stereocenters. The van der Waals surface area contributed by atoms with E-state index in [4.69, 9.17) is 4.74 Å². The van der Waals surface area contributed by atoms with Crippen LogP contribution in [0, 0.1) is 0 Å². The Morgan fingerprint density at radius 3 is 2.48 bits per heavy atom. The maximum atomic E-state index is 12.1. The quantitative estimate of drug-likeness (QED) is 0.207. The molecule has 0 aromatic heterocycles. The molecule has 1 rings (SSSR count). The Hall–Kier alpha value is -2.17. The van der Waals surface area contributed by atoms with Gasteiger partial charge in [0.2, 0.25) is 0 Å². The van der Waals surface area contributed by atoms with E-state index < -0.39 is 6.16 Å². The monoisotopic (exact) mass is 320 g/mol. The van der Waals surface area contributed by atoms with Gasteiger partial charge in [0.1, 0.15) is 5.75 Å². The summed E-state index contributed by atoms with van der Waals surface area (Å²) in [7, 11) is 0. The van der Waals surface area contributed by atoms with Crippen LogP contribution in [0.2, 0.25) is 0 Å². The lowest BCUT2D eigenvalue weighted by Crippen LogP contribution is -2.11. The van der Waals surface area contributed by atoms with Crippen molar-refractivity contribution in [3.63, 3.8) is 0 Å². The van der Waals surface area contributed by atoms with Crippen molar-refractivity contribution in [2.24, 2.45) is 0 Å². The van der Waals surface area contributed by atoms with Gasteiger partial charge >= 0.3 is 6.16 Å². The fourth-order valence-electron chi connectivity index (χ4n) is 2.18. The lowest BCUT2D eigenvalue weighted by molar-refractivity contribution is 0.0979. The zero-order valence-electron chi connectivity index (χ0n) is 13.8. The smallest absolute Gasteiger partial charge is 0.434 e. The van der Waals surface area contributed by atoms with Gasteiger partial charge < -0.3 is 9.47 Å². The molecule has 0 amide bonds. The summed E-state index contributed by atoms with van der Waals surface area (Å²) in [4.78, 5) is 34.6. The Balaban J connectivity index is 2.65. The van der Waals surface area contributed by atoms with Crippen LogP contribution in [-0.2, 0) is 4.74 Å². The predicted molar refractivity (Wildman–Crippen MR) is 87.2 cm³/mol. The average molecular weight is 320 g/mol. The van der Waals surface area contributed by atoms with Crippen molar-refractivity contribution in [3.8, 4) is 5.75 Å². The van der Waals surface area contributed by atoms with Crippen LogP contribution in [-0.4, -0.2) is 24.8 Å². The van der Waals surface area contributed by atoms with Crippen molar-refractivity contribution in [2.75, 3.05) is 6.61 Å². The van der Waals surface area contributed by atoms with Crippen LogP contribution in [0.25, 0.3) is 0 Å². The summed E-state index contributed by atoms with van der Waals surface area (Å²) >= 11 is 0. The van der Waals surface area contributed by atoms with Crippen molar-refractivity contribution in [1.82, 2.24) is 0 Å². The number of rotatable bonds is 10. The number of aldehydes is 1. The van der Waals surface area contributed by atoms with E-state index in [0.717, 1.165) is 19.3 Å². The topological polar surface area (TPSA) is 69.7 Å². The first-order valence-electron chi connectivity index (χ1n) is 8.09. The van der Waals surface area contributed by atoms with Crippen molar-refractivity contribution in [1.29, 1.82) is 0 Å². The number of benzene rings is 1. The third-order valence-electron chi connectivity index (χ3n) is 3.42. The van der Waals surface area contributed by atoms with Gasteiger partial charge in [0, 0.05) is 12.0 Å². The van der Waals surface area contributed by atoms with E-state index in [1.165, 1.54) is 25.0 Å². The molecular formula is C18H24O5. The summed E-state index contributed by atoms with van der Waals surface area (Å²) in [6.07, 6.45) is 5.51. The highest BCUT2D eigenvalue weighted by molar-refractivity contribution is 5.98. The molecule has 0 N–H and O–H groups in total. The normalized spacial score (nSPS) is 10.2. The molecule has 0 fully saturated rings. The lowest BCUT2D eigenvalue weighted by Gasteiger charge is -2.08. The first-order chi connectivity index (χ1) is 11.1. The fourth-order valence-corrected chi connectivity index (χ4v) is 2.18. The standard InChI is InChI=1S/C18H24O5/c1-3-5-6-7-8-9-16(20)14-10-11-17(15(12-14)13-19)23-18(21)22-4-2/h10-13H,3-9H2,1-2H3. The van der Waals surface area contributed by atoms with Gasteiger partial charge in [-0.2, -0.15) is 0 Å². The second-order valence-electron chi connectivity index (χ2n) is 5.24. The number of carbonyl (C=O) groups is 3. The SMILES string of the molecule is CCCCCCCC(=O)c1ccc(OC(=O)OCC)c(C=O)c1. The Kier molecular flexibility index (Phi) is 8.65. The van der Waals surface area contributed by atoms with E-state index in [0.29, 0.717) is 18.3 Å². The third-order valence-corrected chi connectivity index (χ3v) is 3.42. The maximum absolute atomic E-state index is 12.1. The molecule has 0 atom stereocenters. The van der Waals surface area contributed by atoms with Gasteiger partial charge in [0.05, 0.1) is 12.2 Å². The molecule has 1 aromatic carbocycles. The molecule has 0 aliphatic rings. The van der Waals surface area contributed by atoms with E-state index in [2.05, 4.69) is 11.7 Å². The summed E-state index contributed by atoms with van der Waals surface area (Å²) in [5, 5.41) is 0. The molecule has 0 heterocycles. The van der Waals surface area contributed by atoms with Crippen LogP contribution >= 0.6 is 0 Å². The van der Waals surface area contributed by atoms with Gasteiger partial charge in [-0.05, 0) is 31.5 Å². The Morgan fingerprint density at radius 2 is 1.83 bits per heavy atom. The number of ketones is 1. The zero-order valence-corrected chi connectivity index (χ0v) is 13.8. The Morgan fingerprint density at radius 1 is 1.09 bits per heavy atom. The van der Waals surface area contributed by atoms with Gasteiger partial charge in [0.15, 0.2) is 12.1 Å². The molecule has 1 aromatic rings. The molecule has 23 heavy (non-hydrogen) atoms. The van der Waals surface area contributed by atoms with Crippen molar-refractivity contribution >= 4 is 18.2 Å². The number of hydrogen-bond acceptors (Lipinski definition) is 5. The van der Waals surface area contributed by atoms with Gasteiger partial charge in [-0.15, -0.1) is 0 Å². The summed E-state index contributed by atoms with van der Waals surface area (Å²) < 4.78 is 9.60. The van der Waals surface area contributed by atoms with Crippen molar-refractivity contribution < 1.29 is 23.9 Å². The highest BCUT2D eigenvalue weighted by atomic mass is 16.7. The summed E-state index contributed by atoms with van der Waals surface area (Å²) in [6.45, 7) is 3.99. The van der Waals surface area contributed by atoms with Gasteiger partial charge in [-0.1, -0.05) is 32.6 Å². The van der Waals surface area contributed by atoms with Crippen molar-refractivity contribution in [2.45, 2.75) is 52.4 Å². The first kappa shape index (κ1) is 18.9. The van der Waals surface area contributed by atoms with Crippen LogP contribution in [0.3, 0.4) is 0 Å². The van der Waals surface area contributed by atoms with E-state index in [-0.39, 0.29) is 23.7 Å². The summed E-state index contributed by atoms with van der Waals surface area (Å²) in [5.41, 5.74) is 0.619. The maximum Gasteiger partial charge on any atom is 0.513 e. The van der Waals surface area contributed by atoms with Crippen LogP contribution < -0.4 is 4.74 Å². The number of carbonyl (C=O) groups excluding carboxylic acids is 3. The minimum absolute atomic E-state index is 0.00715. The largest absolute Gasteiger partial charge is 0.513 e. The number of unbranched alkanes of at least 4 members (excludes halogenated alkanes) is 4. The highest BCUT2D eigenvalue weighted by Crippen LogP contribution is 2.21. The predicted octanol–water partition coefficient (Wildman–Crippen LogP) is 4.58. The van der Waals surface area contributed by atoms with Crippen LogP contribution in [0.4, 0.5) is 4.79 Å². The van der Waals surface area contributed by atoms with Gasteiger partial charge in [-0.25, -0.2) is 4.79 Å². The second-order valence-corrected chi connectivity index (χ2v) is 5.24. The van der Waals surface area contributed by atoms with Gasteiger partial charge in [0.25, 0.3) is 0 Å². The molecule has 5 nitrogen and oxygen atoms in total. The Labute approximate surface area is 137 Å². The Bertz CT molecular complexity index is 536. The number of ether oxygens (including phenoxy) is 2. The van der Waals surface area contributed by atoms with Crippen LogP contribution in [0.15, 0.2) is 18.2 Å². The molecule has 0 aliphatic heterocycles. The number of Topliss-reactive ketones (excluding diaryl/α,β-unsaturated/α-hetero) is 1. The molecule has 0 spiro atoms. The molecule has 0 bridgehead atoms. The molecule has 0 saturated carbocycles. The number of hydrogen-bond donors (Lipinski definition) is 0. The second kappa shape index (κ2) is 10.5. The van der Waals surface area contributed by atoms with E-state index in [1.54, 1.807) is 13.0 Å². The van der Waals surface area contributed by atoms with E-state index in [1.807, 2.05) is 0 Å². The third kappa shape index (κ3) is 6.63. The van der Waals surface area contributed by atoms with Crippen LogP contribution in [0.5, 0.6) is 5.75 Å². The molecule has 0 aliphatic carbocycles. The fraction of sp³-hybridized carbons (Fsp3) is 0.500. The minimum Gasteiger partial charge on any atom is -0.434 e. The van der Waals surface area contributed by atoms with Crippen LogP contribution in [0.1, 0.15) is 73.1 Å². The lowest BCUT2D eigenvalue weighted by atomic mass is 10.0. The average Bonchev–Trinajstić information content (AvgIpc) is 2.55. The molecule has 5 heteroatoms. The molecule has 0 radical (unpaired) electrons. The van der Waals surface area contributed by atoms with E-state index >= 15 is 0 Å². The summed E-state index contributed by atoms with van der Waals surface area (Å²) in [6, 6.07) is 4.47. The van der Waals surface area contributed by atoms with Crippen molar-refractivity contribution in [3.05, 3.63) is 29.3 Å². The minimum atomic E-state index is -0.870. The summed E-state index contributed by atoms with van der Waals surface area (Å²) in [5.74, 6) is 0.0882. The molecule has 0 saturated heterocycles. The van der Waals surface area contributed by atoms with E-state index in [9.17, 15) is 14.4 Å².